The molecule has 0 radical (unpaired) electrons. The predicted molar refractivity (Wildman–Crippen MR) is 142 cm³/mol. The molecule has 1 N–H and O–H groups in total. The van der Waals surface area contributed by atoms with Crippen molar-refractivity contribution in [2.45, 2.75) is 0 Å². The fourth-order valence-electron chi connectivity index (χ4n) is 4.78. The lowest BCUT2D eigenvalue weighted by molar-refractivity contribution is 1.57. The minimum atomic E-state index is 1.08. The van der Waals surface area contributed by atoms with Gasteiger partial charge in [-0.2, -0.15) is 0 Å². The Kier molecular flexibility index (Phi) is 4.86. The van der Waals surface area contributed by atoms with E-state index in [1.807, 2.05) is 6.07 Å². The smallest absolute Gasteiger partial charge is 0.0390 e. The van der Waals surface area contributed by atoms with Crippen LogP contribution in [-0.2, 0) is 0 Å². The second-order valence-electron chi connectivity index (χ2n) is 8.28. The third-order valence-electron chi connectivity index (χ3n) is 6.21. The van der Waals surface area contributed by atoms with Crippen molar-refractivity contribution >= 4 is 32.9 Å². The normalized spacial score (nSPS) is 11.0. The van der Waals surface area contributed by atoms with Crippen molar-refractivity contribution < 1.29 is 0 Å². The highest BCUT2D eigenvalue weighted by molar-refractivity contribution is 6.21. The summed E-state index contributed by atoms with van der Waals surface area (Å²) in [4.78, 5) is 0. The van der Waals surface area contributed by atoms with Gasteiger partial charge in [0.2, 0.25) is 0 Å². The highest BCUT2D eigenvalue weighted by Gasteiger charge is 2.16. The SMILES string of the molecule is c1ccc(Nc2ccc3c(-c4ccccc4)c4ccccc4c(-c4ccccc4)c3c2)cc1. The van der Waals surface area contributed by atoms with Gasteiger partial charge in [0, 0.05) is 11.4 Å². The molecule has 0 bridgehead atoms. The van der Waals surface area contributed by atoms with Crippen LogP contribution in [0.2, 0.25) is 0 Å². The van der Waals surface area contributed by atoms with E-state index in [9.17, 15) is 0 Å². The van der Waals surface area contributed by atoms with Crippen molar-refractivity contribution in [3.05, 3.63) is 133 Å². The molecule has 0 amide bonds. The summed E-state index contributed by atoms with van der Waals surface area (Å²) in [6.45, 7) is 0. The van der Waals surface area contributed by atoms with Crippen LogP contribution in [0.5, 0.6) is 0 Å². The maximum absolute atomic E-state index is 3.58. The average molecular weight is 422 g/mol. The highest BCUT2D eigenvalue weighted by Crippen LogP contribution is 2.44. The van der Waals surface area contributed by atoms with E-state index in [2.05, 4.69) is 133 Å². The van der Waals surface area contributed by atoms with Gasteiger partial charge in [0.25, 0.3) is 0 Å². The predicted octanol–water partition coefficient (Wildman–Crippen LogP) is 9.07. The number of rotatable bonds is 4. The Balaban J connectivity index is 1.71. The van der Waals surface area contributed by atoms with Gasteiger partial charge >= 0.3 is 0 Å². The summed E-state index contributed by atoms with van der Waals surface area (Å²) >= 11 is 0. The third kappa shape index (κ3) is 3.54. The van der Waals surface area contributed by atoms with Crippen LogP contribution in [0.1, 0.15) is 0 Å². The van der Waals surface area contributed by atoms with Crippen molar-refractivity contribution in [3.63, 3.8) is 0 Å². The number of para-hydroxylation sites is 1. The first-order chi connectivity index (χ1) is 16.4. The molecule has 6 aromatic carbocycles. The minimum absolute atomic E-state index is 1.08. The molecule has 6 aromatic rings. The van der Waals surface area contributed by atoms with E-state index in [-0.39, 0.29) is 0 Å². The molecule has 6 rings (SSSR count). The van der Waals surface area contributed by atoms with Gasteiger partial charge in [-0.1, -0.05) is 109 Å². The Hall–Kier alpha value is -4.36. The van der Waals surface area contributed by atoms with Crippen LogP contribution in [0, 0.1) is 0 Å². The van der Waals surface area contributed by atoms with E-state index in [1.165, 1.54) is 43.8 Å². The molecule has 0 aliphatic heterocycles. The maximum Gasteiger partial charge on any atom is 0.0390 e. The molecule has 0 aromatic heterocycles. The van der Waals surface area contributed by atoms with Crippen LogP contribution in [0.25, 0.3) is 43.8 Å². The van der Waals surface area contributed by atoms with Gasteiger partial charge in [0.15, 0.2) is 0 Å². The molecule has 0 aliphatic rings. The van der Waals surface area contributed by atoms with E-state index in [4.69, 9.17) is 0 Å². The Morgan fingerprint density at radius 2 is 0.788 bits per heavy atom. The fraction of sp³-hybridized carbons (Fsp3) is 0. The van der Waals surface area contributed by atoms with E-state index >= 15 is 0 Å². The Bertz CT molecular complexity index is 1550. The van der Waals surface area contributed by atoms with Gasteiger partial charge in [0.1, 0.15) is 0 Å². The molecule has 1 heteroatoms. The van der Waals surface area contributed by atoms with Crippen LogP contribution in [-0.4, -0.2) is 0 Å². The number of nitrogens with one attached hydrogen (secondary N) is 1. The van der Waals surface area contributed by atoms with Gasteiger partial charge < -0.3 is 5.32 Å². The van der Waals surface area contributed by atoms with Gasteiger partial charge in [-0.15, -0.1) is 0 Å². The molecule has 1 nitrogen and oxygen atoms in total. The third-order valence-corrected chi connectivity index (χ3v) is 6.21. The first-order valence-corrected chi connectivity index (χ1v) is 11.3. The second kappa shape index (κ2) is 8.29. The summed E-state index contributed by atoms with van der Waals surface area (Å²) in [7, 11) is 0. The summed E-state index contributed by atoms with van der Waals surface area (Å²) in [5, 5.41) is 8.64. The summed E-state index contributed by atoms with van der Waals surface area (Å²) in [6, 6.07) is 47.3. The molecule has 0 aliphatic carbocycles. The molecule has 0 atom stereocenters. The Morgan fingerprint density at radius 3 is 1.36 bits per heavy atom. The first-order valence-electron chi connectivity index (χ1n) is 11.3. The zero-order valence-electron chi connectivity index (χ0n) is 18.2. The molecule has 33 heavy (non-hydrogen) atoms. The molecule has 0 saturated carbocycles. The molecule has 0 spiro atoms. The van der Waals surface area contributed by atoms with Gasteiger partial charge in [-0.25, -0.2) is 0 Å². The highest BCUT2D eigenvalue weighted by atomic mass is 14.9. The van der Waals surface area contributed by atoms with E-state index in [1.54, 1.807) is 0 Å². The fourth-order valence-corrected chi connectivity index (χ4v) is 4.78. The molecule has 0 fully saturated rings. The lowest BCUT2D eigenvalue weighted by Gasteiger charge is -2.19. The standard InChI is InChI=1S/C32H23N/c1-4-12-23(13-5-1)31-27-18-10-11-19-28(27)32(24-14-6-2-7-15-24)30-22-26(20-21-29(30)31)33-25-16-8-3-9-17-25/h1-22,33H. The lowest BCUT2D eigenvalue weighted by atomic mass is 9.86. The van der Waals surface area contributed by atoms with Crippen molar-refractivity contribution in [2.75, 3.05) is 5.32 Å². The van der Waals surface area contributed by atoms with E-state index in [0.29, 0.717) is 0 Å². The zero-order chi connectivity index (χ0) is 22.0. The molecular formula is C32H23N. The number of anilines is 2. The second-order valence-corrected chi connectivity index (χ2v) is 8.28. The van der Waals surface area contributed by atoms with Crippen LogP contribution in [0.3, 0.4) is 0 Å². The largest absolute Gasteiger partial charge is 0.356 e. The monoisotopic (exact) mass is 421 g/mol. The first kappa shape index (κ1) is 19.3. The molecule has 156 valence electrons. The van der Waals surface area contributed by atoms with Crippen molar-refractivity contribution in [1.29, 1.82) is 0 Å². The van der Waals surface area contributed by atoms with E-state index in [0.717, 1.165) is 11.4 Å². The van der Waals surface area contributed by atoms with Crippen LogP contribution < -0.4 is 5.32 Å². The molecular weight excluding hydrogens is 398 g/mol. The van der Waals surface area contributed by atoms with Crippen LogP contribution in [0.15, 0.2) is 133 Å². The summed E-state index contributed by atoms with van der Waals surface area (Å²) < 4.78 is 0. The quantitative estimate of drug-likeness (QED) is 0.280. The number of hydrogen-bond acceptors (Lipinski definition) is 1. The number of fused-ring (bicyclic) bond motifs is 2. The van der Waals surface area contributed by atoms with Gasteiger partial charge in [0.05, 0.1) is 0 Å². The van der Waals surface area contributed by atoms with Crippen LogP contribution >= 0.6 is 0 Å². The molecule has 0 unspecified atom stereocenters. The lowest BCUT2D eigenvalue weighted by Crippen LogP contribution is -1.93. The van der Waals surface area contributed by atoms with Crippen LogP contribution in [0.4, 0.5) is 11.4 Å². The minimum Gasteiger partial charge on any atom is -0.356 e. The summed E-state index contributed by atoms with van der Waals surface area (Å²) in [5.74, 6) is 0. The topological polar surface area (TPSA) is 12.0 Å². The van der Waals surface area contributed by atoms with Gasteiger partial charge in [-0.3, -0.25) is 0 Å². The zero-order valence-corrected chi connectivity index (χ0v) is 18.2. The summed E-state index contributed by atoms with van der Waals surface area (Å²) in [6.07, 6.45) is 0. The Morgan fingerprint density at radius 1 is 0.333 bits per heavy atom. The molecule has 0 saturated heterocycles. The van der Waals surface area contributed by atoms with Gasteiger partial charge in [-0.05, 0) is 68.1 Å². The molecule has 0 heterocycles. The van der Waals surface area contributed by atoms with E-state index < -0.39 is 0 Å². The Labute approximate surface area is 194 Å². The summed E-state index contributed by atoms with van der Waals surface area (Å²) in [5.41, 5.74) is 7.20. The van der Waals surface area contributed by atoms with Crippen molar-refractivity contribution in [2.24, 2.45) is 0 Å². The number of hydrogen-bond donors (Lipinski definition) is 1. The van der Waals surface area contributed by atoms with Crippen molar-refractivity contribution in [3.8, 4) is 22.3 Å². The van der Waals surface area contributed by atoms with Crippen molar-refractivity contribution in [1.82, 2.24) is 0 Å². The maximum atomic E-state index is 3.58. The average Bonchev–Trinajstić information content (AvgIpc) is 2.89. The number of benzene rings is 6.